The van der Waals surface area contributed by atoms with Gasteiger partial charge < -0.3 is 14.8 Å². The van der Waals surface area contributed by atoms with E-state index in [9.17, 15) is 9.59 Å². The minimum Gasteiger partial charge on any atom is -0.469 e. The Kier molecular flexibility index (Phi) is 3.14. The number of ether oxygens (including phenoxy) is 2. The molecule has 4 aliphatic rings. The summed E-state index contributed by atoms with van der Waals surface area (Å²) in [5.41, 5.74) is 1.13. The number of benzene rings is 1. The van der Waals surface area contributed by atoms with E-state index in [0.29, 0.717) is 0 Å². The predicted molar refractivity (Wildman–Crippen MR) is 87.5 cm³/mol. The van der Waals surface area contributed by atoms with Gasteiger partial charge in [-0.25, -0.2) is 0 Å². The van der Waals surface area contributed by atoms with Crippen LogP contribution in [0, 0.1) is 11.3 Å². The van der Waals surface area contributed by atoms with Crippen LogP contribution in [0.4, 0.5) is 0 Å². The molecule has 2 heterocycles. The van der Waals surface area contributed by atoms with Gasteiger partial charge >= 0.3 is 11.9 Å². The van der Waals surface area contributed by atoms with E-state index in [2.05, 4.69) is 24.4 Å². The van der Waals surface area contributed by atoms with E-state index in [0.717, 1.165) is 12.0 Å². The predicted octanol–water partition coefficient (Wildman–Crippen LogP) is 1.97. The number of rotatable bonds is 2. The van der Waals surface area contributed by atoms with E-state index in [1.165, 1.54) is 19.8 Å². The fraction of sp³-hybridized carbons (Fsp3) is 0.579. The van der Waals surface area contributed by atoms with Crippen molar-refractivity contribution in [3.8, 4) is 0 Å². The third kappa shape index (κ3) is 1.54. The number of carbonyl (C=O) groups excluding carboxylic acids is 2. The standard InChI is InChI=1S/C19H23NO4/c1-10-19(17(22)24-4)13-9-18(2,20-10)15(16(21)23-3)14(19)12-8-6-5-7-11(12)13/h5-8,10,13-15,20H,9H2,1-4H3. The Balaban J connectivity index is 2.01. The molecule has 2 aliphatic heterocycles. The van der Waals surface area contributed by atoms with Crippen LogP contribution < -0.4 is 5.32 Å². The SMILES string of the molecule is COC(=O)C1C2c3ccccc3C3CC1(C)NC(C)C32C(=O)OC. The van der Waals surface area contributed by atoms with Crippen molar-refractivity contribution in [1.29, 1.82) is 0 Å². The lowest BCUT2D eigenvalue weighted by Crippen LogP contribution is -2.75. The fourth-order valence-electron chi connectivity index (χ4n) is 5.98. The molecule has 2 aliphatic carbocycles. The summed E-state index contributed by atoms with van der Waals surface area (Å²) in [6, 6.07) is 8.05. The van der Waals surface area contributed by atoms with Gasteiger partial charge in [0.05, 0.1) is 25.6 Å². The van der Waals surface area contributed by atoms with Gasteiger partial charge in [0.1, 0.15) is 0 Å². The second kappa shape index (κ2) is 4.82. The first kappa shape index (κ1) is 15.6. The monoisotopic (exact) mass is 329 g/mol. The van der Waals surface area contributed by atoms with Crippen LogP contribution in [-0.4, -0.2) is 37.7 Å². The van der Waals surface area contributed by atoms with Crippen molar-refractivity contribution in [3.05, 3.63) is 35.4 Å². The van der Waals surface area contributed by atoms with Gasteiger partial charge in [-0.1, -0.05) is 24.3 Å². The Hall–Kier alpha value is -1.88. The molecule has 128 valence electrons. The number of nitrogens with one attached hydrogen (secondary N) is 1. The molecule has 24 heavy (non-hydrogen) atoms. The summed E-state index contributed by atoms with van der Waals surface area (Å²) in [4.78, 5) is 25.7. The summed E-state index contributed by atoms with van der Waals surface area (Å²) in [6.07, 6.45) is 0.722. The van der Waals surface area contributed by atoms with Gasteiger partial charge in [0.25, 0.3) is 0 Å². The van der Waals surface area contributed by atoms with Gasteiger partial charge in [-0.05, 0) is 31.4 Å². The summed E-state index contributed by atoms with van der Waals surface area (Å²) in [6.45, 7) is 4.12. The molecule has 0 amide bonds. The van der Waals surface area contributed by atoms with Crippen molar-refractivity contribution in [3.63, 3.8) is 0 Å². The summed E-state index contributed by atoms with van der Waals surface area (Å²) in [5, 5.41) is 3.55. The van der Waals surface area contributed by atoms with Gasteiger partial charge in [-0.3, -0.25) is 9.59 Å². The molecule has 1 aromatic carbocycles. The van der Waals surface area contributed by atoms with Crippen molar-refractivity contribution in [1.82, 2.24) is 5.32 Å². The molecule has 5 heteroatoms. The van der Waals surface area contributed by atoms with Gasteiger partial charge in [-0.2, -0.15) is 0 Å². The number of piperidine rings is 2. The number of hydrogen-bond acceptors (Lipinski definition) is 5. The van der Waals surface area contributed by atoms with Crippen LogP contribution in [0.25, 0.3) is 0 Å². The first-order valence-electron chi connectivity index (χ1n) is 8.44. The topological polar surface area (TPSA) is 64.6 Å². The van der Waals surface area contributed by atoms with Gasteiger partial charge in [-0.15, -0.1) is 0 Å². The number of hydrogen-bond donors (Lipinski definition) is 1. The zero-order chi connectivity index (χ0) is 17.3. The number of esters is 2. The van der Waals surface area contributed by atoms with E-state index in [1.54, 1.807) is 0 Å². The highest BCUT2D eigenvalue weighted by atomic mass is 16.5. The normalized spacial score (nSPS) is 41.7. The van der Waals surface area contributed by atoms with E-state index in [-0.39, 0.29) is 29.8 Å². The molecule has 0 radical (unpaired) electrons. The minimum absolute atomic E-state index is 0.0632. The average molecular weight is 329 g/mol. The van der Waals surface area contributed by atoms with Crippen LogP contribution in [-0.2, 0) is 19.1 Å². The zero-order valence-electron chi connectivity index (χ0n) is 14.5. The van der Waals surface area contributed by atoms with Crippen molar-refractivity contribution in [2.24, 2.45) is 11.3 Å². The van der Waals surface area contributed by atoms with E-state index < -0.39 is 16.9 Å². The molecule has 0 aromatic heterocycles. The average Bonchev–Trinajstić information content (AvgIpc) is 2.80. The Morgan fingerprint density at radius 2 is 1.83 bits per heavy atom. The van der Waals surface area contributed by atoms with Crippen molar-refractivity contribution < 1.29 is 19.1 Å². The molecule has 5 nitrogen and oxygen atoms in total. The molecule has 5 rings (SSSR count). The molecule has 0 spiro atoms. The van der Waals surface area contributed by atoms with Gasteiger partial charge in [0.2, 0.25) is 0 Å². The van der Waals surface area contributed by atoms with Crippen molar-refractivity contribution in [2.75, 3.05) is 14.2 Å². The highest BCUT2D eigenvalue weighted by molar-refractivity contribution is 5.88. The Labute approximate surface area is 141 Å². The van der Waals surface area contributed by atoms with Gasteiger partial charge in [0.15, 0.2) is 0 Å². The van der Waals surface area contributed by atoms with E-state index in [1.807, 2.05) is 19.1 Å². The van der Waals surface area contributed by atoms with Crippen LogP contribution in [0.5, 0.6) is 0 Å². The van der Waals surface area contributed by atoms with E-state index >= 15 is 0 Å². The van der Waals surface area contributed by atoms with Crippen LogP contribution in [0.1, 0.15) is 43.2 Å². The molecular weight excluding hydrogens is 306 g/mol. The first-order valence-corrected chi connectivity index (χ1v) is 8.44. The van der Waals surface area contributed by atoms with Crippen molar-refractivity contribution in [2.45, 2.75) is 43.7 Å². The van der Waals surface area contributed by atoms with E-state index in [4.69, 9.17) is 9.47 Å². The number of fused-ring (bicyclic) bond motifs is 2. The Morgan fingerprint density at radius 1 is 1.17 bits per heavy atom. The lowest BCUT2D eigenvalue weighted by Gasteiger charge is -2.62. The second-order valence-electron chi connectivity index (χ2n) is 7.57. The minimum atomic E-state index is -0.755. The summed E-state index contributed by atoms with van der Waals surface area (Å²) in [5.74, 6) is -1.05. The molecular formula is C19H23NO4. The Morgan fingerprint density at radius 3 is 2.46 bits per heavy atom. The molecule has 4 bridgehead atoms. The summed E-state index contributed by atoms with van der Waals surface area (Å²) < 4.78 is 10.4. The maximum absolute atomic E-state index is 13.0. The zero-order valence-corrected chi connectivity index (χ0v) is 14.5. The molecule has 2 saturated heterocycles. The molecule has 6 atom stereocenters. The van der Waals surface area contributed by atoms with Crippen LogP contribution in [0.15, 0.2) is 24.3 Å². The van der Waals surface area contributed by atoms with Crippen molar-refractivity contribution >= 4 is 11.9 Å². The number of methoxy groups -OCH3 is 2. The number of carbonyl (C=O) groups is 2. The largest absolute Gasteiger partial charge is 0.469 e. The van der Waals surface area contributed by atoms with Crippen LogP contribution in [0.3, 0.4) is 0 Å². The summed E-state index contributed by atoms with van der Waals surface area (Å²) in [7, 11) is 2.85. The third-order valence-corrected chi connectivity index (χ3v) is 6.70. The Bertz CT molecular complexity index is 732. The summed E-state index contributed by atoms with van der Waals surface area (Å²) >= 11 is 0. The maximum Gasteiger partial charge on any atom is 0.314 e. The molecule has 1 N–H and O–H groups in total. The second-order valence-corrected chi connectivity index (χ2v) is 7.57. The van der Waals surface area contributed by atoms with Crippen LogP contribution >= 0.6 is 0 Å². The molecule has 1 saturated carbocycles. The maximum atomic E-state index is 13.0. The van der Waals surface area contributed by atoms with Gasteiger partial charge in [0, 0.05) is 23.4 Å². The highest BCUT2D eigenvalue weighted by Gasteiger charge is 2.75. The smallest absolute Gasteiger partial charge is 0.314 e. The first-order chi connectivity index (χ1) is 11.4. The highest BCUT2D eigenvalue weighted by Crippen LogP contribution is 2.70. The van der Waals surface area contributed by atoms with Crippen LogP contribution in [0.2, 0.25) is 0 Å². The fourth-order valence-corrected chi connectivity index (χ4v) is 5.98. The third-order valence-electron chi connectivity index (χ3n) is 6.70. The molecule has 3 fully saturated rings. The quantitative estimate of drug-likeness (QED) is 0.841. The lowest BCUT2D eigenvalue weighted by atomic mass is 9.48. The molecule has 1 aromatic rings. The molecule has 6 unspecified atom stereocenters. The lowest BCUT2D eigenvalue weighted by molar-refractivity contribution is -0.180.